The number of esters is 1. The lowest BCUT2D eigenvalue weighted by molar-refractivity contribution is -0.139. The van der Waals surface area contributed by atoms with E-state index in [4.69, 9.17) is 4.74 Å². The van der Waals surface area contributed by atoms with Crippen molar-refractivity contribution in [3.05, 3.63) is 58.8 Å². The van der Waals surface area contributed by atoms with Crippen molar-refractivity contribution in [1.29, 1.82) is 0 Å². The first-order valence-electron chi connectivity index (χ1n) is 7.95. The maximum Gasteiger partial charge on any atom is 0.316 e. The topological polar surface area (TPSA) is 57.0 Å². The summed E-state index contributed by atoms with van der Waals surface area (Å²) in [6, 6.07) is 8.91. The molecule has 5 nitrogen and oxygen atoms in total. The smallest absolute Gasteiger partial charge is 0.316 e. The third-order valence-corrected chi connectivity index (χ3v) is 5.46. The van der Waals surface area contributed by atoms with Gasteiger partial charge in [0.25, 0.3) is 0 Å². The number of carbonyl (C=O) groups is 1. The summed E-state index contributed by atoms with van der Waals surface area (Å²) in [7, 11) is 0. The Morgan fingerprint density at radius 3 is 2.70 bits per heavy atom. The van der Waals surface area contributed by atoms with Crippen LogP contribution in [0.4, 0.5) is 8.78 Å². The van der Waals surface area contributed by atoms with Crippen molar-refractivity contribution in [2.75, 3.05) is 12.4 Å². The molecule has 0 saturated carbocycles. The second-order valence-electron chi connectivity index (χ2n) is 5.29. The Labute approximate surface area is 166 Å². The zero-order valence-electron chi connectivity index (χ0n) is 14.2. The maximum atomic E-state index is 14.4. The van der Waals surface area contributed by atoms with Gasteiger partial charge in [0, 0.05) is 11.8 Å². The number of carbonyl (C=O) groups excluding carboxylic acids is 1. The fourth-order valence-electron chi connectivity index (χ4n) is 2.36. The molecule has 1 aromatic carbocycles. The molecule has 0 bridgehead atoms. The predicted molar refractivity (Wildman–Crippen MR) is 102 cm³/mol. The van der Waals surface area contributed by atoms with E-state index in [1.165, 1.54) is 29.1 Å². The SMILES string of the molecule is CCOC(=O)CSc1nn(-c2ccccc2F)c(-c2ccc(F)nc2)c1Br. The van der Waals surface area contributed by atoms with E-state index in [0.717, 1.165) is 11.8 Å². The molecule has 0 radical (unpaired) electrons. The van der Waals surface area contributed by atoms with Gasteiger partial charge >= 0.3 is 5.97 Å². The molecule has 2 heterocycles. The highest BCUT2D eigenvalue weighted by Crippen LogP contribution is 2.38. The van der Waals surface area contributed by atoms with Gasteiger partial charge in [-0.3, -0.25) is 4.79 Å². The molecule has 0 unspecified atom stereocenters. The highest BCUT2D eigenvalue weighted by Gasteiger charge is 2.22. The van der Waals surface area contributed by atoms with E-state index in [1.807, 2.05) is 0 Å². The summed E-state index contributed by atoms with van der Waals surface area (Å²) in [5.41, 5.74) is 1.27. The van der Waals surface area contributed by atoms with Crippen LogP contribution in [0.25, 0.3) is 16.9 Å². The van der Waals surface area contributed by atoms with Gasteiger partial charge in [-0.1, -0.05) is 23.9 Å². The number of pyridine rings is 1. The molecular weight excluding hydrogens is 440 g/mol. The van der Waals surface area contributed by atoms with Crippen molar-refractivity contribution >= 4 is 33.7 Å². The van der Waals surface area contributed by atoms with Crippen molar-refractivity contribution in [1.82, 2.24) is 14.8 Å². The second-order valence-corrected chi connectivity index (χ2v) is 7.05. The molecule has 0 aliphatic carbocycles. The Hall–Kier alpha value is -2.26. The molecule has 140 valence electrons. The van der Waals surface area contributed by atoms with Gasteiger partial charge in [-0.05, 0) is 47.1 Å². The molecule has 2 aromatic heterocycles. The molecule has 0 atom stereocenters. The molecule has 0 aliphatic heterocycles. The molecule has 0 saturated heterocycles. The first kappa shape index (κ1) is 19.5. The number of hydrogen-bond donors (Lipinski definition) is 0. The molecule has 27 heavy (non-hydrogen) atoms. The zero-order chi connectivity index (χ0) is 19.4. The summed E-state index contributed by atoms with van der Waals surface area (Å²) in [4.78, 5) is 15.3. The Morgan fingerprint density at radius 1 is 1.26 bits per heavy atom. The molecule has 9 heteroatoms. The van der Waals surface area contributed by atoms with Crippen LogP contribution in [0.5, 0.6) is 0 Å². The quantitative estimate of drug-likeness (QED) is 0.309. The lowest BCUT2D eigenvalue weighted by atomic mass is 10.2. The summed E-state index contributed by atoms with van der Waals surface area (Å²) in [6.07, 6.45) is 1.34. The van der Waals surface area contributed by atoms with E-state index in [1.54, 1.807) is 25.1 Å². The number of halogens is 3. The van der Waals surface area contributed by atoms with E-state index in [-0.39, 0.29) is 24.0 Å². The van der Waals surface area contributed by atoms with Crippen molar-refractivity contribution in [2.45, 2.75) is 11.9 Å². The molecule has 3 rings (SSSR count). The van der Waals surface area contributed by atoms with Crippen LogP contribution < -0.4 is 0 Å². The van der Waals surface area contributed by atoms with E-state index in [0.29, 0.717) is 20.8 Å². The number of thioether (sulfide) groups is 1. The molecule has 0 fully saturated rings. The first-order chi connectivity index (χ1) is 13.0. The average Bonchev–Trinajstić information content (AvgIpc) is 2.98. The minimum absolute atomic E-state index is 0.0574. The summed E-state index contributed by atoms with van der Waals surface area (Å²) >= 11 is 4.63. The number of ether oxygens (including phenoxy) is 1. The Morgan fingerprint density at radius 2 is 2.04 bits per heavy atom. The van der Waals surface area contributed by atoms with Crippen LogP contribution in [0.15, 0.2) is 52.1 Å². The van der Waals surface area contributed by atoms with Crippen LogP contribution >= 0.6 is 27.7 Å². The highest BCUT2D eigenvalue weighted by atomic mass is 79.9. The summed E-state index contributed by atoms with van der Waals surface area (Å²) in [5.74, 6) is -1.41. The lowest BCUT2D eigenvalue weighted by Gasteiger charge is -2.08. The van der Waals surface area contributed by atoms with Gasteiger partial charge in [-0.25, -0.2) is 14.1 Å². The number of benzene rings is 1. The number of aromatic nitrogens is 3. The second kappa shape index (κ2) is 8.62. The van der Waals surface area contributed by atoms with Crippen molar-refractivity contribution in [2.24, 2.45) is 0 Å². The van der Waals surface area contributed by atoms with Crippen molar-refractivity contribution < 1.29 is 18.3 Å². The Bertz CT molecular complexity index is 964. The predicted octanol–water partition coefficient (Wildman–Crippen LogP) is 4.63. The van der Waals surface area contributed by atoms with Crippen LogP contribution in [-0.2, 0) is 9.53 Å². The highest BCUT2D eigenvalue weighted by molar-refractivity contribution is 9.10. The van der Waals surface area contributed by atoms with Crippen LogP contribution in [0.3, 0.4) is 0 Å². The fraction of sp³-hybridized carbons (Fsp3) is 0.167. The van der Waals surface area contributed by atoms with Gasteiger partial charge in [0.2, 0.25) is 5.95 Å². The van der Waals surface area contributed by atoms with Crippen molar-refractivity contribution in [3.63, 3.8) is 0 Å². The Balaban J connectivity index is 2.07. The number of hydrogen-bond acceptors (Lipinski definition) is 5. The third kappa shape index (κ3) is 4.36. The number of nitrogens with zero attached hydrogens (tertiary/aromatic N) is 3. The van der Waals surface area contributed by atoms with E-state index >= 15 is 0 Å². The van der Waals surface area contributed by atoms with E-state index < -0.39 is 11.8 Å². The minimum Gasteiger partial charge on any atom is -0.465 e. The van der Waals surface area contributed by atoms with Gasteiger partial charge in [-0.2, -0.15) is 9.49 Å². The fourth-order valence-corrected chi connectivity index (χ4v) is 3.88. The third-order valence-electron chi connectivity index (χ3n) is 3.51. The monoisotopic (exact) mass is 453 g/mol. The van der Waals surface area contributed by atoms with Gasteiger partial charge < -0.3 is 4.74 Å². The van der Waals surface area contributed by atoms with Crippen LogP contribution in [0.1, 0.15) is 6.92 Å². The normalized spacial score (nSPS) is 10.8. The average molecular weight is 454 g/mol. The molecule has 0 spiro atoms. The van der Waals surface area contributed by atoms with Crippen LogP contribution in [-0.4, -0.2) is 33.1 Å². The van der Waals surface area contributed by atoms with Crippen molar-refractivity contribution in [3.8, 4) is 16.9 Å². The standard InChI is InChI=1S/C18H14BrF2N3O2S/c1-2-26-15(25)10-27-18-16(19)17(11-7-8-14(21)22-9-11)24(23-18)13-6-4-3-5-12(13)20/h3-9H,2,10H2,1H3. The summed E-state index contributed by atoms with van der Waals surface area (Å²) in [5, 5.41) is 4.91. The zero-order valence-corrected chi connectivity index (χ0v) is 16.6. The first-order valence-corrected chi connectivity index (χ1v) is 9.73. The maximum absolute atomic E-state index is 14.4. The number of para-hydroxylation sites is 1. The largest absolute Gasteiger partial charge is 0.465 e. The minimum atomic E-state index is -0.622. The number of rotatable bonds is 6. The van der Waals surface area contributed by atoms with E-state index in [9.17, 15) is 13.6 Å². The van der Waals surface area contributed by atoms with Gasteiger partial charge in [0.1, 0.15) is 16.5 Å². The van der Waals surface area contributed by atoms with Gasteiger partial charge in [0.05, 0.1) is 22.5 Å². The van der Waals surface area contributed by atoms with Crippen LogP contribution in [0, 0.1) is 11.8 Å². The summed E-state index contributed by atoms with van der Waals surface area (Å²) in [6.45, 7) is 2.02. The summed E-state index contributed by atoms with van der Waals surface area (Å²) < 4.78 is 34.4. The lowest BCUT2D eigenvalue weighted by Crippen LogP contribution is -2.06. The van der Waals surface area contributed by atoms with Gasteiger partial charge in [-0.15, -0.1) is 0 Å². The van der Waals surface area contributed by atoms with Gasteiger partial charge in [0.15, 0.2) is 0 Å². The molecule has 0 amide bonds. The molecule has 3 aromatic rings. The van der Waals surface area contributed by atoms with Crippen LogP contribution in [0.2, 0.25) is 0 Å². The Kier molecular flexibility index (Phi) is 6.22. The molecule has 0 N–H and O–H groups in total. The molecule has 0 aliphatic rings. The molecular formula is C18H14BrF2N3O2S. The van der Waals surface area contributed by atoms with E-state index in [2.05, 4.69) is 26.0 Å².